The van der Waals surface area contributed by atoms with Crippen LogP contribution < -0.4 is 4.90 Å². The molecule has 0 spiro atoms. The largest absolute Gasteiger partial charge is 0.295 e. The Morgan fingerprint density at radius 2 is 1.79 bits per heavy atom. The first kappa shape index (κ1) is 15.1. The van der Waals surface area contributed by atoms with Crippen LogP contribution in [0, 0.1) is 12.7 Å². The average Bonchev–Trinajstić information content (AvgIpc) is 3.09. The molecular weight excluding hydrogens is 373 g/mol. The van der Waals surface area contributed by atoms with Crippen LogP contribution in [0.5, 0.6) is 0 Å². The minimum absolute atomic E-state index is 0.161. The minimum atomic E-state index is -0.326. The number of anilines is 1. The summed E-state index contributed by atoms with van der Waals surface area (Å²) >= 11 is 3.41. The summed E-state index contributed by atoms with van der Waals surface area (Å²) in [5.41, 5.74) is 3.72. The summed E-state index contributed by atoms with van der Waals surface area (Å²) in [6.45, 7) is 1.89. The number of nitrogens with zero attached hydrogens (tertiary/aromatic N) is 2. The highest BCUT2D eigenvalue weighted by atomic mass is 79.9. The number of nitrogens with one attached hydrogen (secondary N) is 1. The van der Waals surface area contributed by atoms with Gasteiger partial charge in [0.25, 0.3) is 5.91 Å². The van der Waals surface area contributed by atoms with E-state index in [-0.39, 0.29) is 17.8 Å². The topological polar surface area (TPSA) is 49.0 Å². The van der Waals surface area contributed by atoms with Crippen LogP contribution in [-0.4, -0.2) is 16.1 Å². The second kappa shape index (κ2) is 5.56. The molecular formula is C18H13BrFN3O. The zero-order valence-electron chi connectivity index (χ0n) is 12.8. The molecule has 4 nitrogen and oxygen atoms in total. The number of aromatic amines is 1. The van der Waals surface area contributed by atoms with E-state index in [4.69, 9.17) is 0 Å². The highest BCUT2D eigenvalue weighted by molar-refractivity contribution is 9.10. The fourth-order valence-electron chi connectivity index (χ4n) is 3.12. The van der Waals surface area contributed by atoms with Crippen molar-refractivity contribution in [2.75, 3.05) is 4.90 Å². The van der Waals surface area contributed by atoms with Crippen LogP contribution in [-0.2, 0) is 0 Å². The zero-order chi connectivity index (χ0) is 16.8. The molecule has 2 aromatic carbocycles. The number of aryl methyl sites for hydroxylation is 1. The Hall–Kier alpha value is -2.47. The van der Waals surface area contributed by atoms with Crippen LogP contribution in [0.15, 0.2) is 53.0 Å². The third-order valence-corrected chi connectivity index (χ3v) is 4.77. The number of halogens is 2. The van der Waals surface area contributed by atoms with Crippen molar-refractivity contribution in [3.63, 3.8) is 0 Å². The van der Waals surface area contributed by atoms with E-state index >= 15 is 0 Å². The van der Waals surface area contributed by atoms with Crippen molar-refractivity contribution in [1.29, 1.82) is 0 Å². The number of hydrogen-bond donors (Lipinski definition) is 1. The van der Waals surface area contributed by atoms with Gasteiger partial charge in [0.1, 0.15) is 5.82 Å². The molecule has 0 radical (unpaired) electrons. The third-order valence-electron chi connectivity index (χ3n) is 4.24. The highest BCUT2D eigenvalue weighted by Crippen LogP contribution is 2.42. The van der Waals surface area contributed by atoms with Crippen molar-refractivity contribution >= 4 is 27.5 Å². The van der Waals surface area contributed by atoms with Crippen molar-refractivity contribution in [3.8, 4) is 0 Å². The van der Waals surface area contributed by atoms with E-state index in [1.165, 1.54) is 12.1 Å². The molecule has 1 amide bonds. The van der Waals surface area contributed by atoms with Crippen LogP contribution in [0.4, 0.5) is 10.1 Å². The molecule has 6 heteroatoms. The van der Waals surface area contributed by atoms with E-state index in [1.54, 1.807) is 17.0 Å². The Morgan fingerprint density at radius 1 is 1.12 bits per heavy atom. The van der Waals surface area contributed by atoms with Crippen molar-refractivity contribution < 1.29 is 9.18 Å². The number of amides is 1. The van der Waals surface area contributed by atoms with Gasteiger partial charge >= 0.3 is 0 Å². The molecule has 1 N–H and O–H groups in total. The van der Waals surface area contributed by atoms with Gasteiger partial charge in [-0.1, -0.05) is 28.1 Å². The molecule has 2 heterocycles. The molecule has 1 aliphatic heterocycles. The molecule has 1 atom stereocenters. The molecule has 24 heavy (non-hydrogen) atoms. The lowest BCUT2D eigenvalue weighted by Crippen LogP contribution is -2.29. The molecule has 0 fully saturated rings. The molecule has 1 aliphatic rings. The summed E-state index contributed by atoms with van der Waals surface area (Å²) in [5.74, 6) is -0.464. The van der Waals surface area contributed by atoms with E-state index in [0.29, 0.717) is 5.69 Å². The molecule has 0 saturated heterocycles. The van der Waals surface area contributed by atoms with E-state index in [1.807, 2.05) is 31.2 Å². The number of fused-ring (bicyclic) bond motifs is 1. The molecule has 0 bridgehead atoms. The molecule has 0 aliphatic carbocycles. The quantitative estimate of drug-likeness (QED) is 0.711. The summed E-state index contributed by atoms with van der Waals surface area (Å²) in [5, 5.41) is 7.05. The Morgan fingerprint density at radius 3 is 2.46 bits per heavy atom. The summed E-state index contributed by atoms with van der Waals surface area (Å²) in [6.07, 6.45) is 0. The van der Waals surface area contributed by atoms with E-state index in [2.05, 4.69) is 26.1 Å². The first-order valence-electron chi connectivity index (χ1n) is 7.45. The minimum Gasteiger partial charge on any atom is -0.295 e. The number of hydrogen-bond acceptors (Lipinski definition) is 2. The van der Waals surface area contributed by atoms with Gasteiger partial charge in [-0.3, -0.25) is 14.8 Å². The standard InChI is InChI=1S/C18H13BrFN3O/c1-10-15-16(22-21-10)18(24)23(14-8-4-12(19)5-9-14)17(15)11-2-6-13(20)7-3-11/h2-9,17H,1H3,(H,21,22)/t17-/m1/s1. The molecule has 120 valence electrons. The summed E-state index contributed by atoms with van der Waals surface area (Å²) in [4.78, 5) is 14.6. The van der Waals surface area contributed by atoms with E-state index < -0.39 is 0 Å². The zero-order valence-corrected chi connectivity index (χ0v) is 14.3. The maximum absolute atomic E-state index is 13.3. The third kappa shape index (κ3) is 2.26. The van der Waals surface area contributed by atoms with Gasteiger partial charge in [-0.05, 0) is 48.9 Å². The molecule has 3 aromatic rings. The molecule has 0 saturated carbocycles. The van der Waals surface area contributed by atoms with Crippen LogP contribution in [0.3, 0.4) is 0 Å². The van der Waals surface area contributed by atoms with Gasteiger partial charge in [0.2, 0.25) is 0 Å². The maximum atomic E-state index is 13.3. The number of H-pyrrole nitrogens is 1. The van der Waals surface area contributed by atoms with E-state index in [9.17, 15) is 9.18 Å². The number of benzene rings is 2. The first-order valence-corrected chi connectivity index (χ1v) is 8.25. The summed E-state index contributed by atoms with van der Waals surface area (Å²) in [7, 11) is 0. The number of carbonyl (C=O) groups excluding carboxylic acids is 1. The maximum Gasteiger partial charge on any atom is 0.279 e. The molecule has 0 unspecified atom stereocenters. The number of aromatic nitrogens is 2. The lowest BCUT2D eigenvalue weighted by molar-refractivity contribution is 0.0989. The predicted molar refractivity (Wildman–Crippen MR) is 92.5 cm³/mol. The number of carbonyl (C=O) groups is 1. The monoisotopic (exact) mass is 385 g/mol. The molecule has 1 aromatic heterocycles. The fraction of sp³-hybridized carbons (Fsp3) is 0.111. The SMILES string of the molecule is Cc1[nH]nc2c1[C@@H](c1ccc(F)cc1)N(c1ccc(Br)cc1)C2=O. The lowest BCUT2D eigenvalue weighted by atomic mass is 9.99. The van der Waals surface area contributed by atoms with Gasteiger partial charge in [0.05, 0.1) is 6.04 Å². The Labute approximate surface area is 146 Å². The Bertz CT molecular complexity index is 918. The molecule has 4 rings (SSSR count). The average molecular weight is 386 g/mol. The van der Waals surface area contributed by atoms with Gasteiger partial charge in [-0.2, -0.15) is 5.10 Å². The second-order valence-corrected chi connectivity index (χ2v) is 6.63. The predicted octanol–water partition coefficient (Wildman–Crippen LogP) is 4.37. The first-order chi connectivity index (χ1) is 11.6. The van der Waals surface area contributed by atoms with Crippen molar-refractivity contribution in [2.24, 2.45) is 0 Å². The van der Waals surface area contributed by atoms with Gasteiger partial charge < -0.3 is 0 Å². The summed E-state index contributed by atoms with van der Waals surface area (Å²) < 4.78 is 14.3. The van der Waals surface area contributed by atoms with Crippen LogP contribution >= 0.6 is 15.9 Å². The van der Waals surface area contributed by atoms with E-state index in [0.717, 1.165) is 27.0 Å². The summed E-state index contributed by atoms with van der Waals surface area (Å²) in [6, 6.07) is 13.4. The smallest absolute Gasteiger partial charge is 0.279 e. The number of rotatable bonds is 2. The Balaban J connectivity index is 1.89. The van der Waals surface area contributed by atoms with Crippen LogP contribution in [0.1, 0.15) is 33.4 Å². The fourth-order valence-corrected chi connectivity index (χ4v) is 3.39. The van der Waals surface area contributed by atoms with Gasteiger partial charge in [0.15, 0.2) is 5.69 Å². The van der Waals surface area contributed by atoms with Crippen molar-refractivity contribution in [3.05, 3.63) is 81.3 Å². The van der Waals surface area contributed by atoms with Crippen molar-refractivity contribution in [2.45, 2.75) is 13.0 Å². The second-order valence-electron chi connectivity index (χ2n) is 5.72. The lowest BCUT2D eigenvalue weighted by Gasteiger charge is -2.26. The van der Waals surface area contributed by atoms with Crippen LogP contribution in [0.25, 0.3) is 0 Å². The normalized spacial score (nSPS) is 16.5. The van der Waals surface area contributed by atoms with Gasteiger partial charge in [0, 0.05) is 21.4 Å². The Kier molecular flexibility index (Phi) is 3.49. The van der Waals surface area contributed by atoms with Gasteiger partial charge in [-0.25, -0.2) is 4.39 Å². The van der Waals surface area contributed by atoms with Crippen molar-refractivity contribution in [1.82, 2.24) is 10.2 Å². The van der Waals surface area contributed by atoms with Gasteiger partial charge in [-0.15, -0.1) is 0 Å². The highest BCUT2D eigenvalue weighted by Gasteiger charge is 2.42. The van der Waals surface area contributed by atoms with Crippen LogP contribution in [0.2, 0.25) is 0 Å².